The summed E-state index contributed by atoms with van der Waals surface area (Å²) in [6.07, 6.45) is 6.70. The van der Waals surface area contributed by atoms with Crippen molar-refractivity contribution in [1.82, 2.24) is 15.5 Å². The smallest absolute Gasteiger partial charge is 0.221 e. The summed E-state index contributed by atoms with van der Waals surface area (Å²) in [5.41, 5.74) is 0.0204. The van der Waals surface area contributed by atoms with Gasteiger partial charge in [0.15, 0.2) is 0 Å². The lowest BCUT2D eigenvalue weighted by Crippen LogP contribution is -2.50. The van der Waals surface area contributed by atoms with Crippen molar-refractivity contribution in [3.8, 4) is 0 Å². The highest BCUT2D eigenvalue weighted by atomic mass is 16.5. The van der Waals surface area contributed by atoms with E-state index < -0.39 is 0 Å². The third-order valence-electron chi connectivity index (χ3n) is 4.71. The van der Waals surface area contributed by atoms with E-state index in [0.717, 1.165) is 32.5 Å². The highest BCUT2D eigenvalue weighted by Gasteiger charge is 2.32. The van der Waals surface area contributed by atoms with E-state index in [9.17, 15) is 4.79 Å². The zero-order chi connectivity index (χ0) is 14.4. The molecule has 2 fully saturated rings. The Kier molecular flexibility index (Phi) is 5.81. The van der Waals surface area contributed by atoms with E-state index in [4.69, 9.17) is 4.74 Å². The molecule has 1 heterocycles. The van der Waals surface area contributed by atoms with Gasteiger partial charge in [0, 0.05) is 31.6 Å². The summed E-state index contributed by atoms with van der Waals surface area (Å²) in [5, 5.41) is 6.44. The van der Waals surface area contributed by atoms with Gasteiger partial charge in [0.05, 0.1) is 12.7 Å². The second kappa shape index (κ2) is 7.38. The molecule has 5 heteroatoms. The van der Waals surface area contributed by atoms with Crippen LogP contribution in [0, 0.1) is 0 Å². The van der Waals surface area contributed by atoms with E-state index in [-0.39, 0.29) is 17.6 Å². The fraction of sp³-hybridized carbons (Fsp3) is 0.933. The van der Waals surface area contributed by atoms with Crippen LogP contribution in [-0.2, 0) is 9.53 Å². The molecular weight excluding hydrogens is 254 g/mol. The van der Waals surface area contributed by atoms with E-state index in [0.29, 0.717) is 13.0 Å². The molecule has 5 nitrogen and oxygen atoms in total. The maximum atomic E-state index is 12.2. The van der Waals surface area contributed by atoms with Crippen molar-refractivity contribution in [2.75, 3.05) is 40.3 Å². The molecular formula is C15H29N3O2. The Morgan fingerprint density at radius 2 is 2.10 bits per heavy atom. The highest BCUT2D eigenvalue weighted by Crippen LogP contribution is 2.30. The minimum atomic E-state index is 0.0204. The lowest BCUT2D eigenvalue weighted by molar-refractivity contribution is -0.124. The van der Waals surface area contributed by atoms with Crippen LogP contribution in [-0.4, -0.2) is 62.8 Å². The monoisotopic (exact) mass is 283 g/mol. The minimum Gasteiger partial charge on any atom is -0.374 e. The first-order valence-electron chi connectivity index (χ1n) is 7.89. The van der Waals surface area contributed by atoms with Gasteiger partial charge in [-0.25, -0.2) is 0 Å². The number of nitrogens with one attached hydrogen (secondary N) is 2. The molecule has 1 aliphatic carbocycles. The fourth-order valence-corrected chi connectivity index (χ4v) is 3.33. The number of nitrogens with zero attached hydrogens (tertiary/aromatic N) is 1. The van der Waals surface area contributed by atoms with Crippen molar-refractivity contribution in [3.63, 3.8) is 0 Å². The molecule has 1 unspecified atom stereocenters. The number of ether oxygens (including phenoxy) is 1. The molecule has 0 aromatic heterocycles. The number of rotatable bonds is 5. The van der Waals surface area contributed by atoms with E-state index in [1.807, 2.05) is 7.05 Å². The standard InChI is InChI=1S/C15H29N3O2/c1-16-15(6-4-3-5-7-15)10-14(19)17-11-13-12-18(2)8-9-20-13/h13,16H,3-12H2,1-2H3,(H,17,19). The molecule has 1 amide bonds. The van der Waals surface area contributed by atoms with E-state index >= 15 is 0 Å². The first kappa shape index (κ1) is 15.7. The second-order valence-electron chi connectivity index (χ2n) is 6.33. The average Bonchev–Trinajstić information content (AvgIpc) is 2.46. The number of likely N-dealkylation sites (N-methyl/N-ethyl adjacent to an activating group) is 1. The Morgan fingerprint density at radius 1 is 1.35 bits per heavy atom. The molecule has 1 aliphatic heterocycles. The Morgan fingerprint density at radius 3 is 2.75 bits per heavy atom. The summed E-state index contributed by atoms with van der Waals surface area (Å²) in [7, 11) is 4.08. The Bertz CT molecular complexity index is 316. The van der Waals surface area contributed by atoms with Crippen molar-refractivity contribution in [2.24, 2.45) is 0 Å². The number of morpholine rings is 1. The summed E-state index contributed by atoms with van der Waals surface area (Å²) < 4.78 is 5.67. The van der Waals surface area contributed by atoms with Gasteiger partial charge in [0.2, 0.25) is 5.91 Å². The molecule has 1 saturated heterocycles. The molecule has 0 spiro atoms. The van der Waals surface area contributed by atoms with Crippen LogP contribution in [0.3, 0.4) is 0 Å². The molecule has 1 atom stereocenters. The molecule has 116 valence electrons. The molecule has 0 aromatic carbocycles. The van der Waals surface area contributed by atoms with Crippen LogP contribution in [0.4, 0.5) is 0 Å². The quantitative estimate of drug-likeness (QED) is 0.782. The lowest BCUT2D eigenvalue weighted by atomic mass is 9.79. The van der Waals surface area contributed by atoms with E-state index in [2.05, 4.69) is 22.6 Å². The number of carbonyl (C=O) groups excluding carboxylic acids is 1. The summed E-state index contributed by atoms with van der Waals surface area (Å²) >= 11 is 0. The maximum Gasteiger partial charge on any atom is 0.221 e. The van der Waals surface area contributed by atoms with Crippen molar-refractivity contribution in [2.45, 2.75) is 50.2 Å². The number of carbonyl (C=O) groups is 1. The van der Waals surface area contributed by atoms with Gasteiger partial charge in [-0.2, -0.15) is 0 Å². The van der Waals surface area contributed by atoms with Crippen LogP contribution in [0.25, 0.3) is 0 Å². The lowest BCUT2D eigenvalue weighted by Gasteiger charge is -2.37. The first-order chi connectivity index (χ1) is 9.63. The Labute approximate surface area is 122 Å². The molecule has 0 aromatic rings. The molecule has 1 saturated carbocycles. The van der Waals surface area contributed by atoms with Gasteiger partial charge in [-0.05, 0) is 26.9 Å². The molecule has 2 aliphatic rings. The highest BCUT2D eigenvalue weighted by molar-refractivity contribution is 5.77. The number of hydrogen-bond acceptors (Lipinski definition) is 4. The predicted octanol–water partition coefficient (Wildman–Crippen LogP) is 0.746. The van der Waals surface area contributed by atoms with Crippen LogP contribution in [0.1, 0.15) is 38.5 Å². The van der Waals surface area contributed by atoms with Gasteiger partial charge in [-0.15, -0.1) is 0 Å². The number of amides is 1. The predicted molar refractivity (Wildman–Crippen MR) is 79.7 cm³/mol. The van der Waals surface area contributed by atoms with Crippen molar-refractivity contribution in [1.29, 1.82) is 0 Å². The minimum absolute atomic E-state index is 0.0204. The van der Waals surface area contributed by atoms with Gasteiger partial charge in [-0.1, -0.05) is 19.3 Å². The van der Waals surface area contributed by atoms with Crippen LogP contribution in [0.5, 0.6) is 0 Å². The van der Waals surface area contributed by atoms with Crippen LogP contribution in [0.2, 0.25) is 0 Å². The Hall–Kier alpha value is -0.650. The molecule has 0 bridgehead atoms. The third-order valence-corrected chi connectivity index (χ3v) is 4.71. The van der Waals surface area contributed by atoms with Crippen molar-refractivity contribution in [3.05, 3.63) is 0 Å². The molecule has 20 heavy (non-hydrogen) atoms. The van der Waals surface area contributed by atoms with Gasteiger partial charge >= 0.3 is 0 Å². The molecule has 2 rings (SSSR count). The summed E-state index contributed by atoms with van der Waals surface area (Å²) in [6, 6.07) is 0. The SMILES string of the molecule is CNC1(CC(=O)NCC2CN(C)CCO2)CCCCC1. The van der Waals surface area contributed by atoms with Gasteiger partial charge < -0.3 is 20.3 Å². The van der Waals surface area contributed by atoms with E-state index in [1.165, 1.54) is 19.3 Å². The van der Waals surface area contributed by atoms with Gasteiger partial charge in [0.1, 0.15) is 0 Å². The number of hydrogen-bond donors (Lipinski definition) is 2. The van der Waals surface area contributed by atoms with Crippen LogP contribution in [0.15, 0.2) is 0 Å². The zero-order valence-electron chi connectivity index (χ0n) is 12.9. The third kappa shape index (κ3) is 4.43. The van der Waals surface area contributed by atoms with Crippen LogP contribution >= 0.6 is 0 Å². The molecule has 0 radical (unpaired) electrons. The normalized spacial score (nSPS) is 27.2. The zero-order valence-corrected chi connectivity index (χ0v) is 12.9. The van der Waals surface area contributed by atoms with Gasteiger partial charge in [-0.3, -0.25) is 4.79 Å². The summed E-state index contributed by atoms with van der Waals surface area (Å²) in [6.45, 7) is 3.27. The largest absolute Gasteiger partial charge is 0.374 e. The van der Waals surface area contributed by atoms with Crippen molar-refractivity contribution >= 4 is 5.91 Å². The Balaban J connectivity index is 1.74. The summed E-state index contributed by atoms with van der Waals surface area (Å²) in [5.74, 6) is 0.151. The van der Waals surface area contributed by atoms with Crippen LogP contribution < -0.4 is 10.6 Å². The van der Waals surface area contributed by atoms with Gasteiger partial charge in [0.25, 0.3) is 0 Å². The van der Waals surface area contributed by atoms with Crippen molar-refractivity contribution < 1.29 is 9.53 Å². The topological polar surface area (TPSA) is 53.6 Å². The maximum absolute atomic E-state index is 12.2. The van der Waals surface area contributed by atoms with E-state index in [1.54, 1.807) is 0 Å². The average molecular weight is 283 g/mol. The fourth-order valence-electron chi connectivity index (χ4n) is 3.33. The summed E-state index contributed by atoms with van der Waals surface area (Å²) in [4.78, 5) is 14.4. The molecule has 2 N–H and O–H groups in total. The second-order valence-corrected chi connectivity index (χ2v) is 6.33. The first-order valence-corrected chi connectivity index (χ1v) is 7.89.